The van der Waals surface area contributed by atoms with Gasteiger partial charge in [0.15, 0.2) is 0 Å². The van der Waals surface area contributed by atoms with Crippen molar-refractivity contribution in [1.82, 2.24) is 0 Å². The SMILES string of the molecule is Cc1cccc(NC(=O)Nc2ccc(Cl)cc2)c1C(N)=S. The van der Waals surface area contributed by atoms with Crippen molar-refractivity contribution in [3.8, 4) is 0 Å². The Morgan fingerprint density at radius 2 is 1.81 bits per heavy atom. The molecule has 0 heterocycles. The van der Waals surface area contributed by atoms with Gasteiger partial charge in [0.25, 0.3) is 0 Å². The number of nitrogens with two attached hydrogens (primary N) is 1. The van der Waals surface area contributed by atoms with Gasteiger partial charge in [-0.1, -0.05) is 36.0 Å². The minimum atomic E-state index is -0.375. The Morgan fingerprint density at radius 3 is 2.43 bits per heavy atom. The predicted octanol–water partition coefficient (Wildman–Crippen LogP) is 3.93. The fourth-order valence-corrected chi connectivity index (χ4v) is 2.31. The fraction of sp³-hybridized carbons (Fsp3) is 0.0667. The Morgan fingerprint density at radius 1 is 1.14 bits per heavy atom. The van der Waals surface area contributed by atoms with Crippen LogP contribution in [-0.4, -0.2) is 11.0 Å². The molecule has 6 heteroatoms. The summed E-state index contributed by atoms with van der Waals surface area (Å²) in [5.41, 5.74) is 8.50. The number of amides is 2. The molecule has 0 aliphatic heterocycles. The van der Waals surface area contributed by atoms with E-state index in [0.717, 1.165) is 5.56 Å². The lowest BCUT2D eigenvalue weighted by molar-refractivity contribution is 0.262. The Hall–Kier alpha value is -2.11. The number of rotatable bonds is 3. The number of nitrogens with one attached hydrogen (secondary N) is 2. The second-order valence-corrected chi connectivity index (χ2v) is 5.32. The number of aryl methyl sites for hydroxylation is 1. The van der Waals surface area contributed by atoms with E-state index in [4.69, 9.17) is 29.6 Å². The molecule has 0 bridgehead atoms. The molecule has 108 valence electrons. The quantitative estimate of drug-likeness (QED) is 0.751. The van der Waals surface area contributed by atoms with Gasteiger partial charge in [-0.25, -0.2) is 4.79 Å². The summed E-state index contributed by atoms with van der Waals surface area (Å²) in [6.07, 6.45) is 0. The molecule has 2 amide bonds. The molecule has 2 rings (SSSR count). The topological polar surface area (TPSA) is 67.2 Å². The van der Waals surface area contributed by atoms with Crippen LogP contribution >= 0.6 is 23.8 Å². The molecule has 2 aromatic carbocycles. The molecule has 4 N–H and O–H groups in total. The van der Waals surface area contributed by atoms with Gasteiger partial charge in [0.05, 0.1) is 5.69 Å². The van der Waals surface area contributed by atoms with Gasteiger partial charge in [-0.05, 0) is 42.8 Å². The van der Waals surface area contributed by atoms with Crippen LogP contribution in [0.1, 0.15) is 11.1 Å². The lowest BCUT2D eigenvalue weighted by Crippen LogP contribution is -2.22. The van der Waals surface area contributed by atoms with E-state index in [2.05, 4.69) is 10.6 Å². The second kappa shape index (κ2) is 6.56. The number of benzene rings is 2. The molecule has 0 aromatic heterocycles. The average Bonchev–Trinajstić information content (AvgIpc) is 2.41. The lowest BCUT2D eigenvalue weighted by Gasteiger charge is -2.13. The van der Waals surface area contributed by atoms with Crippen molar-refractivity contribution in [3.63, 3.8) is 0 Å². The molecule has 21 heavy (non-hydrogen) atoms. The first kappa shape index (κ1) is 15.3. The maximum Gasteiger partial charge on any atom is 0.323 e. The predicted molar refractivity (Wildman–Crippen MR) is 91.2 cm³/mol. The largest absolute Gasteiger partial charge is 0.389 e. The van der Waals surface area contributed by atoms with E-state index in [-0.39, 0.29) is 11.0 Å². The van der Waals surface area contributed by atoms with Crippen LogP contribution in [0.25, 0.3) is 0 Å². The van der Waals surface area contributed by atoms with Crippen molar-refractivity contribution in [1.29, 1.82) is 0 Å². The molecular formula is C15H14ClN3OS. The highest BCUT2D eigenvalue weighted by Gasteiger charge is 2.11. The molecule has 4 nitrogen and oxygen atoms in total. The maximum absolute atomic E-state index is 12.0. The molecule has 0 atom stereocenters. The number of urea groups is 1. The van der Waals surface area contributed by atoms with E-state index in [1.54, 1.807) is 30.3 Å². The molecule has 0 aliphatic rings. The molecule has 0 radical (unpaired) electrons. The van der Waals surface area contributed by atoms with Crippen LogP contribution in [0, 0.1) is 6.92 Å². The minimum absolute atomic E-state index is 0.245. The number of hydrogen-bond acceptors (Lipinski definition) is 2. The summed E-state index contributed by atoms with van der Waals surface area (Å²) in [5, 5.41) is 6.06. The molecule has 0 spiro atoms. The van der Waals surface area contributed by atoms with Crippen molar-refractivity contribution in [2.45, 2.75) is 6.92 Å². The van der Waals surface area contributed by atoms with Gasteiger partial charge in [0.2, 0.25) is 0 Å². The van der Waals surface area contributed by atoms with Gasteiger partial charge in [0.1, 0.15) is 4.99 Å². The highest BCUT2D eigenvalue weighted by molar-refractivity contribution is 7.80. The van der Waals surface area contributed by atoms with Gasteiger partial charge in [-0.3, -0.25) is 0 Å². The highest BCUT2D eigenvalue weighted by Crippen LogP contribution is 2.20. The lowest BCUT2D eigenvalue weighted by atomic mass is 10.1. The number of anilines is 2. The monoisotopic (exact) mass is 319 g/mol. The summed E-state index contributed by atoms with van der Waals surface area (Å²) in [6.45, 7) is 1.89. The Kier molecular flexibility index (Phi) is 4.77. The van der Waals surface area contributed by atoms with Gasteiger partial charge >= 0.3 is 6.03 Å². The first-order valence-corrected chi connectivity index (χ1v) is 6.99. The zero-order chi connectivity index (χ0) is 15.4. The van der Waals surface area contributed by atoms with E-state index in [1.165, 1.54) is 0 Å². The second-order valence-electron chi connectivity index (χ2n) is 4.45. The van der Waals surface area contributed by atoms with E-state index in [0.29, 0.717) is 22.0 Å². The third-order valence-electron chi connectivity index (χ3n) is 2.87. The van der Waals surface area contributed by atoms with Crippen LogP contribution in [-0.2, 0) is 0 Å². The van der Waals surface area contributed by atoms with Crippen LogP contribution in [0.15, 0.2) is 42.5 Å². The van der Waals surface area contributed by atoms with Crippen molar-refractivity contribution in [2.24, 2.45) is 5.73 Å². The molecule has 2 aromatic rings. The summed E-state index contributed by atoms with van der Waals surface area (Å²) in [4.78, 5) is 12.3. The summed E-state index contributed by atoms with van der Waals surface area (Å²) in [7, 11) is 0. The van der Waals surface area contributed by atoms with Crippen LogP contribution in [0.5, 0.6) is 0 Å². The fourth-order valence-electron chi connectivity index (χ4n) is 1.92. The number of thiocarbonyl (C=S) groups is 1. The highest BCUT2D eigenvalue weighted by atomic mass is 35.5. The number of carbonyl (C=O) groups excluding carboxylic acids is 1. The smallest absolute Gasteiger partial charge is 0.323 e. The van der Waals surface area contributed by atoms with Gasteiger partial charge < -0.3 is 16.4 Å². The maximum atomic E-state index is 12.0. The standard InChI is InChI=1S/C15H14ClN3OS/c1-9-3-2-4-12(13(9)14(17)21)19-15(20)18-11-7-5-10(16)6-8-11/h2-8H,1H3,(H2,17,21)(H2,18,19,20). The van der Waals surface area contributed by atoms with Crippen molar-refractivity contribution in [3.05, 3.63) is 58.6 Å². The summed E-state index contributed by atoms with van der Waals surface area (Å²) >= 11 is 10.8. The van der Waals surface area contributed by atoms with E-state index < -0.39 is 0 Å². The third-order valence-corrected chi connectivity index (χ3v) is 3.33. The van der Waals surface area contributed by atoms with Gasteiger partial charge in [-0.2, -0.15) is 0 Å². The third kappa shape index (κ3) is 3.93. The van der Waals surface area contributed by atoms with E-state index in [9.17, 15) is 4.79 Å². The molecule has 0 fully saturated rings. The number of hydrogen-bond donors (Lipinski definition) is 3. The van der Waals surface area contributed by atoms with Gasteiger partial charge in [-0.15, -0.1) is 0 Å². The first-order valence-electron chi connectivity index (χ1n) is 6.20. The normalized spacial score (nSPS) is 10.0. The minimum Gasteiger partial charge on any atom is -0.389 e. The van der Waals surface area contributed by atoms with Crippen molar-refractivity contribution >= 4 is 46.2 Å². The zero-order valence-electron chi connectivity index (χ0n) is 11.3. The van der Waals surface area contributed by atoms with E-state index >= 15 is 0 Å². The molecule has 0 saturated carbocycles. The Labute approximate surface area is 133 Å². The van der Waals surface area contributed by atoms with E-state index in [1.807, 2.05) is 19.1 Å². The van der Waals surface area contributed by atoms with Crippen LogP contribution in [0.2, 0.25) is 5.02 Å². The molecule has 0 unspecified atom stereocenters. The van der Waals surface area contributed by atoms with Crippen LogP contribution in [0.3, 0.4) is 0 Å². The van der Waals surface area contributed by atoms with Gasteiger partial charge in [0, 0.05) is 16.3 Å². The van der Waals surface area contributed by atoms with Crippen LogP contribution < -0.4 is 16.4 Å². The molecule has 0 aliphatic carbocycles. The Bertz CT molecular complexity index is 686. The van der Waals surface area contributed by atoms with Crippen LogP contribution in [0.4, 0.5) is 16.2 Å². The molecular weight excluding hydrogens is 306 g/mol. The average molecular weight is 320 g/mol. The Balaban J connectivity index is 2.15. The summed E-state index contributed by atoms with van der Waals surface area (Å²) in [6, 6.07) is 11.9. The first-order chi connectivity index (χ1) is 9.97. The summed E-state index contributed by atoms with van der Waals surface area (Å²) in [5.74, 6) is 0. The van der Waals surface area contributed by atoms with Crippen molar-refractivity contribution in [2.75, 3.05) is 10.6 Å². The van der Waals surface area contributed by atoms with Crippen molar-refractivity contribution < 1.29 is 4.79 Å². The zero-order valence-corrected chi connectivity index (χ0v) is 12.9. The number of carbonyl (C=O) groups is 1. The number of halogens is 1. The molecule has 0 saturated heterocycles. The summed E-state index contributed by atoms with van der Waals surface area (Å²) < 4.78 is 0.